The van der Waals surface area contributed by atoms with E-state index in [1.54, 1.807) is 31.9 Å². The van der Waals surface area contributed by atoms with Gasteiger partial charge in [0.15, 0.2) is 11.6 Å². The molecule has 1 N–H and O–H groups in total. The number of aromatic nitrogens is 4. The molecule has 8 heteroatoms. The Labute approximate surface area is 146 Å². The predicted molar refractivity (Wildman–Crippen MR) is 93.8 cm³/mol. The molecule has 0 saturated carbocycles. The fourth-order valence-electron chi connectivity index (χ4n) is 1.83. The number of nitrogens with one attached hydrogen (secondary N) is 1. The summed E-state index contributed by atoms with van der Waals surface area (Å²) in [5, 5.41) is 3.14. The summed E-state index contributed by atoms with van der Waals surface area (Å²) in [5.74, 6) is 1.91. The van der Waals surface area contributed by atoms with Gasteiger partial charge in [0.05, 0.1) is 19.0 Å². The number of ether oxygens (including phenoxy) is 1. The molecule has 0 radical (unpaired) electrons. The molecule has 3 rings (SSSR count). The first kappa shape index (κ1) is 18.6. The van der Waals surface area contributed by atoms with Crippen LogP contribution in [0.1, 0.15) is 0 Å². The zero-order valence-electron chi connectivity index (χ0n) is 12.2. The maximum Gasteiger partial charge on any atom is 0.175 e. The molecule has 0 unspecified atom stereocenters. The highest BCUT2D eigenvalue weighted by molar-refractivity contribution is 5.85. The molecule has 0 amide bonds. The van der Waals surface area contributed by atoms with Crippen molar-refractivity contribution in [1.29, 1.82) is 0 Å². The number of nitrogens with zero attached hydrogens (tertiary/aromatic N) is 4. The van der Waals surface area contributed by atoms with Crippen molar-refractivity contribution in [3.8, 4) is 17.1 Å². The van der Waals surface area contributed by atoms with Gasteiger partial charge in [-0.15, -0.1) is 24.8 Å². The Balaban J connectivity index is 0.00000132. The number of pyridine rings is 2. The largest absolute Gasteiger partial charge is 0.493 e. The van der Waals surface area contributed by atoms with Crippen LogP contribution in [0.2, 0.25) is 0 Å². The molecule has 0 aliphatic rings. The molecule has 0 bridgehead atoms. The molecule has 0 atom stereocenters. The molecular formula is C15H15Cl2N5O. The minimum Gasteiger partial charge on any atom is -0.493 e. The first-order valence-electron chi connectivity index (χ1n) is 6.36. The van der Waals surface area contributed by atoms with Gasteiger partial charge in [-0.2, -0.15) is 0 Å². The van der Waals surface area contributed by atoms with Crippen molar-refractivity contribution in [2.24, 2.45) is 0 Å². The zero-order chi connectivity index (χ0) is 14.5. The van der Waals surface area contributed by atoms with Crippen LogP contribution >= 0.6 is 24.8 Å². The van der Waals surface area contributed by atoms with E-state index in [2.05, 4.69) is 25.3 Å². The van der Waals surface area contributed by atoms with Crippen LogP contribution in [0.25, 0.3) is 11.4 Å². The maximum atomic E-state index is 5.32. The van der Waals surface area contributed by atoms with E-state index in [4.69, 9.17) is 4.74 Å². The molecule has 3 aromatic heterocycles. The molecule has 120 valence electrons. The number of halogens is 2. The normalized spacial score (nSPS) is 9.26. The van der Waals surface area contributed by atoms with Crippen LogP contribution in [0.15, 0.2) is 55.1 Å². The van der Waals surface area contributed by atoms with Crippen molar-refractivity contribution >= 4 is 36.4 Å². The lowest BCUT2D eigenvalue weighted by Crippen LogP contribution is -2.00. The Morgan fingerprint density at radius 3 is 2.43 bits per heavy atom. The molecule has 23 heavy (non-hydrogen) atoms. The van der Waals surface area contributed by atoms with Gasteiger partial charge in [-0.3, -0.25) is 9.97 Å². The number of anilines is 2. The van der Waals surface area contributed by atoms with Crippen LogP contribution < -0.4 is 10.1 Å². The van der Waals surface area contributed by atoms with Crippen LogP contribution in [-0.2, 0) is 0 Å². The van der Waals surface area contributed by atoms with Crippen molar-refractivity contribution in [3.05, 3.63) is 55.1 Å². The van der Waals surface area contributed by atoms with Crippen molar-refractivity contribution in [3.63, 3.8) is 0 Å². The Hall–Kier alpha value is -2.44. The molecule has 0 fully saturated rings. The average Bonchev–Trinajstić information content (AvgIpc) is 2.56. The third-order valence-corrected chi connectivity index (χ3v) is 2.82. The molecule has 0 spiro atoms. The van der Waals surface area contributed by atoms with Gasteiger partial charge in [-0.25, -0.2) is 9.97 Å². The third kappa shape index (κ3) is 4.51. The SMILES string of the molecule is COc1ccc(-c2cnccn2)nc1Nc1ccccn1.Cl.Cl. The van der Waals surface area contributed by atoms with E-state index in [1.165, 1.54) is 0 Å². The van der Waals surface area contributed by atoms with E-state index < -0.39 is 0 Å². The van der Waals surface area contributed by atoms with Gasteiger partial charge in [-0.05, 0) is 24.3 Å². The summed E-state index contributed by atoms with van der Waals surface area (Å²) in [6.07, 6.45) is 6.63. The van der Waals surface area contributed by atoms with E-state index >= 15 is 0 Å². The second-order valence-corrected chi connectivity index (χ2v) is 4.18. The quantitative estimate of drug-likeness (QED) is 0.774. The van der Waals surface area contributed by atoms with Gasteiger partial charge in [0.25, 0.3) is 0 Å². The van der Waals surface area contributed by atoms with Crippen LogP contribution in [0.4, 0.5) is 11.6 Å². The molecule has 6 nitrogen and oxygen atoms in total. The lowest BCUT2D eigenvalue weighted by molar-refractivity contribution is 0.415. The van der Waals surface area contributed by atoms with Crippen molar-refractivity contribution in [2.75, 3.05) is 12.4 Å². The van der Waals surface area contributed by atoms with Crippen molar-refractivity contribution in [2.45, 2.75) is 0 Å². The molecule has 0 aromatic carbocycles. The Morgan fingerprint density at radius 1 is 0.913 bits per heavy atom. The molecular weight excluding hydrogens is 337 g/mol. The first-order valence-corrected chi connectivity index (χ1v) is 6.36. The molecule has 3 aromatic rings. The summed E-state index contributed by atoms with van der Waals surface area (Å²) in [7, 11) is 1.60. The Morgan fingerprint density at radius 2 is 1.78 bits per heavy atom. The van der Waals surface area contributed by atoms with E-state index in [-0.39, 0.29) is 24.8 Å². The van der Waals surface area contributed by atoms with Crippen molar-refractivity contribution in [1.82, 2.24) is 19.9 Å². The summed E-state index contributed by atoms with van der Waals surface area (Å²) in [5.41, 5.74) is 1.41. The van der Waals surface area contributed by atoms with Crippen LogP contribution in [0, 0.1) is 0 Å². The van der Waals surface area contributed by atoms with Crippen LogP contribution in [-0.4, -0.2) is 27.0 Å². The van der Waals surface area contributed by atoms with E-state index in [1.807, 2.05) is 30.3 Å². The van der Waals surface area contributed by atoms with Gasteiger partial charge in [0.2, 0.25) is 0 Å². The van der Waals surface area contributed by atoms with Gasteiger partial charge in [0, 0.05) is 18.6 Å². The fraction of sp³-hybridized carbons (Fsp3) is 0.0667. The molecule has 3 heterocycles. The monoisotopic (exact) mass is 351 g/mol. The minimum absolute atomic E-state index is 0. The Bertz CT molecular complexity index is 728. The summed E-state index contributed by atoms with van der Waals surface area (Å²) < 4.78 is 5.32. The van der Waals surface area contributed by atoms with Gasteiger partial charge in [0.1, 0.15) is 11.5 Å². The number of hydrogen-bond acceptors (Lipinski definition) is 6. The van der Waals surface area contributed by atoms with E-state index in [9.17, 15) is 0 Å². The highest BCUT2D eigenvalue weighted by Gasteiger charge is 2.09. The summed E-state index contributed by atoms with van der Waals surface area (Å²) in [6, 6.07) is 9.28. The second-order valence-electron chi connectivity index (χ2n) is 4.18. The predicted octanol–water partition coefficient (Wildman–Crippen LogP) is 3.53. The third-order valence-electron chi connectivity index (χ3n) is 2.82. The topological polar surface area (TPSA) is 72.8 Å². The maximum absolute atomic E-state index is 5.32. The van der Waals surface area contributed by atoms with E-state index in [0.29, 0.717) is 28.8 Å². The van der Waals surface area contributed by atoms with Gasteiger partial charge < -0.3 is 10.1 Å². The number of hydrogen-bond donors (Lipinski definition) is 1. The highest BCUT2D eigenvalue weighted by Crippen LogP contribution is 2.27. The molecule has 0 saturated heterocycles. The van der Waals surface area contributed by atoms with Gasteiger partial charge >= 0.3 is 0 Å². The first-order chi connectivity index (χ1) is 10.4. The number of methoxy groups -OCH3 is 1. The van der Waals surface area contributed by atoms with E-state index in [0.717, 1.165) is 0 Å². The summed E-state index contributed by atoms with van der Waals surface area (Å²) in [4.78, 5) is 17.0. The van der Waals surface area contributed by atoms with Crippen LogP contribution in [0.3, 0.4) is 0 Å². The number of rotatable bonds is 4. The average molecular weight is 352 g/mol. The lowest BCUT2D eigenvalue weighted by atomic mass is 10.2. The lowest BCUT2D eigenvalue weighted by Gasteiger charge is -2.11. The highest BCUT2D eigenvalue weighted by atomic mass is 35.5. The summed E-state index contributed by atoms with van der Waals surface area (Å²) in [6.45, 7) is 0. The fourth-order valence-corrected chi connectivity index (χ4v) is 1.83. The standard InChI is InChI=1S/C15H13N5O.2ClH/c1-21-13-6-5-11(12-10-16-8-9-17-12)19-15(13)20-14-4-2-3-7-18-14;;/h2-10H,1H3,(H,18,19,20);2*1H. The summed E-state index contributed by atoms with van der Waals surface area (Å²) >= 11 is 0. The van der Waals surface area contributed by atoms with Crippen molar-refractivity contribution < 1.29 is 4.74 Å². The second kappa shape index (κ2) is 8.87. The minimum atomic E-state index is 0. The van der Waals surface area contributed by atoms with Crippen LogP contribution in [0.5, 0.6) is 5.75 Å². The molecule has 0 aliphatic carbocycles. The molecule has 0 aliphatic heterocycles. The zero-order valence-corrected chi connectivity index (χ0v) is 13.8. The smallest absolute Gasteiger partial charge is 0.175 e. The Kier molecular flexibility index (Phi) is 7.18. The van der Waals surface area contributed by atoms with Gasteiger partial charge in [-0.1, -0.05) is 6.07 Å².